The number of aromatic nitrogens is 3. The van der Waals surface area contributed by atoms with E-state index in [0.29, 0.717) is 24.3 Å². The van der Waals surface area contributed by atoms with Gasteiger partial charge in [-0.15, -0.1) is 0 Å². The summed E-state index contributed by atoms with van der Waals surface area (Å²) in [6.07, 6.45) is 3.82. The number of aryl methyl sites for hydroxylation is 1. The van der Waals surface area contributed by atoms with Crippen LogP contribution in [0.1, 0.15) is 33.2 Å². The molecule has 0 saturated carbocycles. The number of benzene rings is 2. The summed E-state index contributed by atoms with van der Waals surface area (Å²) in [7, 11) is 1.88. The highest BCUT2D eigenvalue weighted by molar-refractivity contribution is 5.92. The van der Waals surface area contributed by atoms with Crippen LogP contribution >= 0.6 is 0 Å². The van der Waals surface area contributed by atoms with E-state index in [-0.39, 0.29) is 23.4 Å². The highest BCUT2D eigenvalue weighted by atomic mass is 19.1. The molecule has 0 radical (unpaired) electrons. The predicted molar refractivity (Wildman–Crippen MR) is 108 cm³/mol. The van der Waals surface area contributed by atoms with E-state index in [2.05, 4.69) is 16.3 Å². The maximum Gasteiger partial charge on any atom is 0.292 e. The molecular weight excluding hydrogens is 383 g/mol. The molecule has 1 atom stereocenters. The van der Waals surface area contributed by atoms with Crippen LogP contribution in [0.4, 0.5) is 4.39 Å². The Hall–Kier alpha value is -3.74. The third-order valence-electron chi connectivity index (χ3n) is 5.45. The summed E-state index contributed by atoms with van der Waals surface area (Å²) in [5.74, 6) is -0.444. The van der Waals surface area contributed by atoms with E-state index in [1.54, 1.807) is 27.8 Å². The van der Waals surface area contributed by atoms with Gasteiger partial charge in [-0.2, -0.15) is 5.10 Å². The number of hydrogen-bond acceptors (Lipinski definition) is 4. The van der Waals surface area contributed by atoms with Gasteiger partial charge >= 0.3 is 0 Å². The minimum Gasteiger partial charge on any atom is -0.350 e. The van der Waals surface area contributed by atoms with Gasteiger partial charge < -0.3 is 9.42 Å². The fraction of sp³-hybridized carbons (Fsp3) is 0.174. The Morgan fingerprint density at radius 3 is 2.83 bits per heavy atom. The second kappa shape index (κ2) is 7.26. The normalized spacial score (nSPS) is 15.8. The van der Waals surface area contributed by atoms with Gasteiger partial charge in [0.05, 0.1) is 6.20 Å². The number of halogens is 1. The van der Waals surface area contributed by atoms with E-state index in [1.165, 1.54) is 17.7 Å². The third kappa shape index (κ3) is 3.28. The van der Waals surface area contributed by atoms with Crippen LogP contribution in [0.15, 0.2) is 71.5 Å². The number of rotatable bonds is 3. The summed E-state index contributed by atoms with van der Waals surface area (Å²) < 4.78 is 20.6. The van der Waals surface area contributed by atoms with Gasteiger partial charge in [-0.05, 0) is 28.8 Å². The van der Waals surface area contributed by atoms with E-state index < -0.39 is 0 Å². The molecule has 150 valence electrons. The molecule has 1 unspecified atom stereocenters. The van der Waals surface area contributed by atoms with Crippen LogP contribution in [0.3, 0.4) is 0 Å². The fourth-order valence-corrected chi connectivity index (χ4v) is 3.98. The van der Waals surface area contributed by atoms with Crippen LogP contribution in [0.2, 0.25) is 0 Å². The Morgan fingerprint density at radius 1 is 1.17 bits per heavy atom. The Morgan fingerprint density at radius 2 is 2.03 bits per heavy atom. The lowest BCUT2D eigenvalue weighted by atomic mass is 9.86. The Bertz CT molecular complexity index is 1230. The van der Waals surface area contributed by atoms with Gasteiger partial charge in [0.15, 0.2) is 0 Å². The van der Waals surface area contributed by atoms with E-state index in [0.717, 1.165) is 11.1 Å². The lowest BCUT2D eigenvalue weighted by Gasteiger charge is -2.33. The third-order valence-corrected chi connectivity index (χ3v) is 5.45. The van der Waals surface area contributed by atoms with Gasteiger partial charge in [0, 0.05) is 43.9 Å². The van der Waals surface area contributed by atoms with Crippen LogP contribution in [-0.4, -0.2) is 32.3 Å². The van der Waals surface area contributed by atoms with Crippen LogP contribution in [0.25, 0.3) is 11.3 Å². The zero-order valence-electron chi connectivity index (χ0n) is 16.3. The fourth-order valence-electron chi connectivity index (χ4n) is 3.98. The Labute approximate surface area is 172 Å². The topological polar surface area (TPSA) is 64.2 Å². The summed E-state index contributed by atoms with van der Waals surface area (Å²) in [5, 5.41) is 8.26. The lowest BCUT2D eigenvalue weighted by Crippen LogP contribution is -2.38. The molecule has 2 aromatic heterocycles. The molecule has 1 aliphatic rings. The number of carbonyl (C=O) groups is 1. The SMILES string of the molecule is Cn1cc(C2CN(C(=O)c3cc(-c4cccc(F)c4)no3)Cc3ccccc32)cn1. The van der Waals surface area contributed by atoms with Crippen molar-refractivity contribution < 1.29 is 13.7 Å². The minimum absolute atomic E-state index is 0.0261. The molecule has 0 fully saturated rings. The van der Waals surface area contributed by atoms with Crippen LogP contribution in [0, 0.1) is 5.82 Å². The highest BCUT2D eigenvalue weighted by Gasteiger charge is 2.31. The van der Waals surface area contributed by atoms with Crippen molar-refractivity contribution in [3.63, 3.8) is 0 Å². The van der Waals surface area contributed by atoms with Crippen molar-refractivity contribution in [2.75, 3.05) is 6.54 Å². The first-order valence-corrected chi connectivity index (χ1v) is 9.67. The molecule has 1 aliphatic heterocycles. The first kappa shape index (κ1) is 18.3. The smallest absolute Gasteiger partial charge is 0.292 e. The van der Waals surface area contributed by atoms with Crippen LogP contribution in [-0.2, 0) is 13.6 Å². The molecule has 5 rings (SSSR count). The molecule has 4 aromatic rings. The molecule has 7 heteroatoms. The van der Waals surface area contributed by atoms with Crippen molar-refractivity contribution in [2.45, 2.75) is 12.5 Å². The molecule has 0 bridgehead atoms. The Balaban J connectivity index is 1.45. The number of fused-ring (bicyclic) bond motifs is 1. The van der Waals surface area contributed by atoms with E-state index >= 15 is 0 Å². The van der Waals surface area contributed by atoms with Crippen LogP contribution in [0.5, 0.6) is 0 Å². The van der Waals surface area contributed by atoms with Crippen molar-refractivity contribution >= 4 is 5.91 Å². The second-order valence-electron chi connectivity index (χ2n) is 7.47. The highest BCUT2D eigenvalue weighted by Crippen LogP contribution is 2.34. The zero-order chi connectivity index (χ0) is 20.7. The van der Waals surface area contributed by atoms with Crippen LogP contribution < -0.4 is 0 Å². The maximum atomic E-state index is 13.5. The molecule has 0 saturated heterocycles. The number of nitrogens with zero attached hydrogens (tertiary/aromatic N) is 4. The van der Waals surface area contributed by atoms with Gasteiger partial charge in [-0.3, -0.25) is 9.48 Å². The monoisotopic (exact) mass is 402 g/mol. The van der Waals surface area contributed by atoms with Gasteiger partial charge in [0.2, 0.25) is 5.76 Å². The van der Waals surface area contributed by atoms with Crippen molar-refractivity contribution in [2.24, 2.45) is 7.05 Å². The molecule has 0 N–H and O–H groups in total. The van der Waals surface area contributed by atoms with E-state index in [4.69, 9.17) is 4.52 Å². The first-order chi connectivity index (χ1) is 14.6. The van der Waals surface area contributed by atoms with E-state index in [9.17, 15) is 9.18 Å². The summed E-state index contributed by atoms with van der Waals surface area (Å²) in [5.41, 5.74) is 4.35. The molecule has 6 nitrogen and oxygen atoms in total. The van der Waals surface area contributed by atoms with Crippen molar-refractivity contribution in [1.82, 2.24) is 19.8 Å². The van der Waals surface area contributed by atoms with Gasteiger partial charge in [-0.25, -0.2) is 4.39 Å². The number of amides is 1. The van der Waals surface area contributed by atoms with Crippen molar-refractivity contribution in [3.05, 3.63) is 95.3 Å². The molecule has 2 aromatic carbocycles. The summed E-state index contributed by atoms with van der Waals surface area (Å²) in [4.78, 5) is 15.0. The van der Waals surface area contributed by atoms with E-state index in [1.807, 2.05) is 37.6 Å². The molecule has 3 heterocycles. The summed E-state index contributed by atoms with van der Waals surface area (Å²) >= 11 is 0. The summed E-state index contributed by atoms with van der Waals surface area (Å²) in [6.45, 7) is 0.999. The van der Waals surface area contributed by atoms with Gasteiger partial charge in [0.1, 0.15) is 11.5 Å². The van der Waals surface area contributed by atoms with Crippen molar-refractivity contribution in [1.29, 1.82) is 0 Å². The zero-order valence-corrected chi connectivity index (χ0v) is 16.3. The standard InChI is InChI=1S/C23H19FN4O2/c1-27-12-17(11-25-27)20-14-28(13-16-5-2-3-8-19(16)20)23(29)22-10-21(26-30-22)15-6-4-7-18(24)9-15/h2-12,20H,13-14H2,1H3. The second-order valence-corrected chi connectivity index (χ2v) is 7.47. The summed E-state index contributed by atoms with van der Waals surface area (Å²) in [6, 6.07) is 15.7. The Kier molecular flexibility index (Phi) is 4.43. The molecule has 0 aliphatic carbocycles. The van der Waals surface area contributed by atoms with Crippen molar-refractivity contribution in [3.8, 4) is 11.3 Å². The predicted octanol–water partition coefficient (Wildman–Crippen LogP) is 4.00. The quantitative estimate of drug-likeness (QED) is 0.520. The van der Waals surface area contributed by atoms with Gasteiger partial charge in [-0.1, -0.05) is 41.6 Å². The average Bonchev–Trinajstić information content (AvgIpc) is 3.42. The maximum absolute atomic E-state index is 13.5. The largest absolute Gasteiger partial charge is 0.350 e. The molecule has 30 heavy (non-hydrogen) atoms. The number of carbonyl (C=O) groups excluding carboxylic acids is 1. The first-order valence-electron chi connectivity index (χ1n) is 9.67. The molecule has 0 spiro atoms. The number of hydrogen-bond donors (Lipinski definition) is 0. The lowest BCUT2D eigenvalue weighted by molar-refractivity contribution is 0.0683. The van der Waals surface area contributed by atoms with Gasteiger partial charge in [0.25, 0.3) is 5.91 Å². The molecule has 1 amide bonds. The molecular formula is C23H19FN4O2. The average molecular weight is 402 g/mol. The minimum atomic E-state index is -0.365.